The first-order valence-electron chi connectivity index (χ1n) is 6.14. The predicted molar refractivity (Wildman–Crippen MR) is 64.0 cm³/mol. The average molecular weight is 212 g/mol. The van der Waals surface area contributed by atoms with Crippen LogP contribution in [0.25, 0.3) is 0 Å². The number of carboxylic acids is 1. The summed E-state index contributed by atoms with van der Waals surface area (Å²) in [5.41, 5.74) is 0.611. The van der Waals surface area contributed by atoms with E-state index in [1.165, 1.54) is 12.8 Å². The van der Waals surface area contributed by atoms with Gasteiger partial charge < -0.3 is 5.11 Å². The van der Waals surface area contributed by atoms with Crippen molar-refractivity contribution in [2.24, 2.45) is 0 Å². The molecule has 0 bridgehead atoms. The van der Waals surface area contributed by atoms with E-state index < -0.39 is 5.97 Å². The van der Waals surface area contributed by atoms with Gasteiger partial charge in [-0.1, -0.05) is 45.6 Å². The first-order valence-corrected chi connectivity index (χ1v) is 6.14. The SMILES string of the molecule is CCCCCC=C(CCCCC)C(=O)O. The minimum absolute atomic E-state index is 0.611. The molecule has 0 aliphatic carbocycles. The van der Waals surface area contributed by atoms with Crippen LogP contribution >= 0.6 is 0 Å². The monoisotopic (exact) mass is 212 g/mol. The van der Waals surface area contributed by atoms with Crippen LogP contribution in [0, 0.1) is 0 Å². The molecule has 0 aliphatic rings. The van der Waals surface area contributed by atoms with Crippen LogP contribution in [0.3, 0.4) is 0 Å². The molecule has 2 nitrogen and oxygen atoms in total. The van der Waals surface area contributed by atoms with E-state index >= 15 is 0 Å². The van der Waals surface area contributed by atoms with Gasteiger partial charge in [0, 0.05) is 5.57 Å². The van der Waals surface area contributed by atoms with E-state index in [2.05, 4.69) is 13.8 Å². The summed E-state index contributed by atoms with van der Waals surface area (Å²) >= 11 is 0. The van der Waals surface area contributed by atoms with Crippen molar-refractivity contribution in [3.8, 4) is 0 Å². The predicted octanol–water partition coefficient (Wildman–Crippen LogP) is 4.16. The standard InChI is InChI=1S/C13H24O2/c1-3-5-7-9-11-12(13(14)15)10-8-6-4-2/h11H,3-10H2,1-2H3,(H,14,15). The lowest BCUT2D eigenvalue weighted by Gasteiger charge is -2.02. The Morgan fingerprint density at radius 2 is 1.67 bits per heavy atom. The number of allylic oxidation sites excluding steroid dienone is 1. The van der Waals surface area contributed by atoms with Crippen LogP contribution in [-0.2, 0) is 4.79 Å². The molecule has 1 N–H and O–H groups in total. The van der Waals surface area contributed by atoms with Gasteiger partial charge in [-0.05, 0) is 25.7 Å². The summed E-state index contributed by atoms with van der Waals surface area (Å²) in [4.78, 5) is 10.9. The van der Waals surface area contributed by atoms with Crippen LogP contribution in [0.1, 0.15) is 65.2 Å². The molecule has 0 aromatic heterocycles. The highest BCUT2D eigenvalue weighted by molar-refractivity contribution is 5.86. The van der Waals surface area contributed by atoms with Crippen LogP contribution in [0.5, 0.6) is 0 Å². The largest absolute Gasteiger partial charge is 0.478 e. The van der Waals surface area contributed by atoms with Gasteiger partial charge in [-0.15, -0.1) is 0 Å². The van der Waals surface area contributed by atoms with Gasteiger partial charge in [-0.25, -0.2) is 4.79 Å². The van der Waals surface area contributed by atoms with Crippen LogP contribution < -0.4 is 0 Å². The minimum Gasteiger partial charge on any atom is -0.478 e. The molecular weight excluding hydrogens is 188 g/mol. The summed E-state index contributed by atoms with van der Waals surface area (Å²) in [5, 5.41) is 8.96. The molecule has 0 aliphatic heterocycles. The molecule has 0 rings (SSSR count). The molecule has 0 amide bonds. The van der Waals surface area contributed by atoms with E-state index in [1.807, 2.05) is 6.08 Å². The van der Waals surface area contributed by atoms with Crippen molar-refractivity contribution in [3.05, 3.63) is 11.6 Å². The zero-order chi connectivity index (χ0) is 11.5. The molecule has 0 radical (unpaired) electrons. The van der Waals surface area contributed by atoms with Gasteiger partial charge in [0.15, 0.2) is 0 Å². The maximum atomic E-state index is 10.9. The third kappa shape index (κ3) is 8.22. The Bertz CT molecular complexity index is 195. The smallest absolute Gasteiger partial charge is 0.331 e. The fraction of sp³-hybridized carbons (Fsp3) is 0.769. The van der Waals surface area contributed by atoms with Gasteiger partial charge in [0.1, 0.15) is 0 Å². The molecule has 0 saturated carbocycles. The molecule has 0 heterocycles. The molecule has 0 atom stereocenters. The average Bonchev–Trinajstić information content (AvgIpc) is 2.21. The van der Waals surface area contributed by atoms with Crippen molar-refractivity contribution < 1.29 is 9.90 Å². The van der Waals surface area contributed by atoms with Crippen molar-refractivity contribution in [1.29, 1.82) is 0 Å². The summed E-state index contributed by atoms with van der Waals surface area (Å²) in [5.74, 6) is -0.734. The van der Waals surface area contributed by atoms with Gasteiger partial charge in [0.25, 0.3) is 0 Å². The van der Waals surface area contributed by atoms with E-state index in [9.17, 15) is 4.79 Å². The second kappa shape index (κ2) is 9.75. The van der Waals surface area contributed by atoms with Crippen molar-refractivity contribution in [3.63, 3.8) is 0 Å². The second-order valence-corrected chi connectivity index (χ2v) is 3.99. The third-order valence-corrected chi connectivity index (χ3v) is 2.52. The maximum absolute atomic E-state index is 10.9. The third-order valence-electron chi connectivity index (χ3n) is 2.52. The Morgan fingerprint density at radius 3 is 2.20 bits per heavy atom. The number of unbranched alkanes of at least 4 members (excludes halogenated alkanes) is 5. The lowest BCUT2D eigenvalue weighted by Crippen LogP contribution is -2.00. The highest BCUT2D eigenvalue weighted by Crippen LogP contribution is 2.11. The molecule has 0 spiro atoms. The summed E-state index contributed by atoms with van der Waals surface area (Å²) in [6.45, 7) is 4.29. The Labute approximate surface area is 93.4 Å². The van der Waals surface area contributed by atoms with E-state index in [4.69, 9.17) is 5.11 Å². The molecule has 0 fully saturated rings. The first kappa shape index (κ1) is 14.2. The number of hydrogen-bond donors (Lipinski definition) is 1. The van der Waals surface area contributed by atoms with Gasteiger partial charge in [-0.2, -0.15) is 0 Å². The molecule has 88 valence electrons. The molecule has 0 aromatic rings. The van der Waals surface area contributed by atoms with Gasteiger partial charge >= 0.3 is 5.97 Å². The molecule has 0 unspecified atom stereocenters. The van der Waals surface area contributed by atoms with Gasteiger partial charge in [0.2, 0.25) is 0 Å². The van der Waals surface area contributed by atoms with Gasteiger partial charge in [-0.3, -0.25) is 0 Å². The zero-order valence-electron chi connectivity index (χ0n) is 10.1. The number of aliphatic carboxylic acids is 1. The molecule has 15 heavy (non-hydrogen) atoms. The van der Waals surface area contributed by atoms with Crippen LogP contribution in [-0.4, -0.2) is 11.1 Å². The van der Waals surface area contributed by atoms with E-state index in [0.29, 0.717) is 5.57 Å². The van der Waals surface area contributed by atoms with Crippen LogP contribution in [0.4, 0.5) is 0 Å². The number of rotatable bonds is 9. The molecular formula is C13H24O2. The lowest BCUT2D eigenvalue weighted by molar-refractivity contribution is -0.132. The Balaban J connectivity index is 3.85. The van der Waals surface area contributed by atoms with E-state index in [1.54, 1.807) is 0 Å². The van der Waals surface area contributed by atoms with E-state index in [0.717, 1.165) is 38.5 Å². The fourth-order valence-electron chi connectivity index (χ4n) is 1.53. The lowest BCUT2D eigenvalue weighted by atomic mass is 10.1. The van der Waals surface area contributed by atoms with E-state index in [-0.39, 0.29) is 0 Å². The first-order chi connectivity index (χ1) is 7.22. The minimum atomic E-state index is -0.734. The summed E-state index contributed by atoms with van der Waals surface area (Å²) in [6.07, 6.45) is 10.3. The quantitative estimate of drug-likeness (QED) is 0.460. The number of hydrogen-bond acceptors (Lipinski definition) is 1. The van der Waals surface area contributed by atoms with Crippen molar-refractivity contribution in [2.75, 3.05) is 0 Å². The zero-order valence-corrected chi connectivity index (χ0v) is 10.1. The number of carbonyl (C=O) groups is 1. The highest BCUT2D eigenvalue weighted by atomic mass is 16.4. The highest BCUT2D eigenvalue weighted by Gasteiger charge is 2.05. The molecule has 0 aromatic carbocycles. The van der Waals surface area contributed by atoms with Crippen molar-refractivity contribution in [1.82, 2.24) is 0 Å². The molecule has 0 saturated heterocycles. The van der Waals surface area contributed by atoms with Gasteiger partial charge in [0.05, 0.1) is 0 Å². The normalized spacial score (nSPS) is 11.7. The fourth-order valence-corrected chi connectivity index (χ4v) is 1.53. The van der Waals surface area contributed by atoms with Crippen LogP contribution in [0.2, 0.25) is 0 Å². The molecule has 2 heteroatoms. The Morgan fingerprint density at radius 1 is 1.07 bits per heavy atom. The maximum Gasteiger partial charge on any atom is 0.331 e. The summed E-state index contributed by atoms with van der Waals surface area (Å²) in [7, 11) is 0. The Kier molecular flexibility index (Phi) is 9.24. The number of carboxylic acid groups (broad SMARTS) is 1. The van der Waals surface area contributed by atoms with Crippen molar-refractivity contribution >= 4 is 5.97 Å². The second-order valence-electron chi connectivity index (χ2n) is 3.99. The summed E-state index contributed by atoms with van der Waals surface area (Å²) < 4.78 is 0. The van der Waals surface area contributed by atoms with Crippen molar-refractivity contribution in [2.45, 2.75) is 65.2 Å². The summed E-state index contributed by atoms with van der Waals surface area (Å²) in [6, 6.07) is 0. The van der Waals surface area contributed by atoms with Crippen LogP contribution in [0.15, 0.2) is 11.6 Å². The topological polar surface area (TPSA) is 37.3 Å². The Hall–Kier alpha value is -0.790.